The van der Waals surface area contributed by atoms with Gasteiger partial charge >= 0.3 is 5.69 Å². The molecule has 2 aromatic rings. The summed E-state index contributed by atoms with van der Waals surface area (Å²) in [5.74, 6) is 0. The zero-order valence-electron chi connectivity index (χ0n) is 11.9. The van der Waals surface area contributed by atoms with E-state index in [2.05, 4.69) is 4.98 Å². The van der Waals surface area contributed by atoms with Gasteiger partial charge in [-0.15, -0.1) is 0 Å². The highest BCUT2D eigenvalue weighted by Gasteiger charge is 2.34. The fourth-order valence-corrected chi connectivity index (χ4v) is 2.55. The molecule has 0 saturated carbocycles. The van der Waals surface area contributed by atoms with Crippen LogP contribution in [0.3, 0.4) is 0 Å². The topological polar surface area (TPSA) is 87.6 Å². The average Bonchev–Trinajstić information content (AvgIpc) is 2.91. The van der Waals surface area contributed by atoms with Crippen LogP contribution in [0.2, 0.25) is 0 Å². The van der Waals surface area contributed by atoms with Crippen LogP contribution in [0.15, 0.2) is 52.2 Å². The molecule has 7 heteroatoms. The van der Waals surface area contributed by atoms with E-state index in [9.17, 15) is 14.7 Å². The fraction of sp³-hybridized carbons (Fsp3) is 0.333. The van der Waals surface area contributed by atoms with Crippen molar-refractivity contribution in [2.24, 2.45) is 0 Å². The number of aromatic amines is 1. The van der Waals surface area contributed by atoms with Gasteiger partial charge in [-0.2, -0.15) is 5.06 Å². The molecule has 1 saturated heterocycles. The number of nitrogens with one attached hydrogen (secondary N) is 1. The summed E-state index contributed by atoms with van der Waals surface area (Å²) in [7, 11) is 0. The molecule has 0 aliphatic carbocycles. The molecule has 1 aromatic carbocycles. The molecule has 0 radical (unpaired) electrons. The van der Waals surface area contributed by atoms with Gasteiger partial charge in [-0.25, -0.2) is 4.79 Å². The summed E-state index contributed by atoms with van der Waals surface area (Å²) in [5, 5.41) is 11.2. The first kappa shape index (κ1) is 14.7. The second-order valence-electron chi connectivity index (χ2n) is 5.21. The van der Waals surface area contributed by atoms with Gasteiger partial charge in [0.2, 0.25) is 0 Å². The Labute approximate surface area is 126 Å². The molecule has 7 nitrogen and oxygen atoms in total. The molecule has 22 heavy (non-hydrogen) atoms. The lowest BCUT2D eigenvalue weighted by atomic mass is 10.2. The monoisotopic (exact) mass is 303 g/mol. The maximum Gasteiger partial charge on any atom is 0.330 e. The van der Waals surface area contributed by atoms with Crippen molar-refractivity contribution in [3.05, 3.63) is 69.0 Å². The molecule has 0 bridgehead atoms. The molecule has 2 atom stereocenters. The summed E-state index contributed by atoms with van der Waals surface area (Å²) in [6, 6.07) is 10.8. The first-order valence-electron chi connectivity index (χ1n) is 7.07. The first-order chi connectivity index (χ1) is 10.7. The van der Waals surface area contributed by atoms with E-state index in [-0.39, 0.29) is 12.6 Å². The number of aromatic nitrogens is 2. The third-order valence-corrected chi connectivity index (χ3v) is 3.69. The van der Waals surface area contributed by atoms with E-state index >= 15 is 0 Å². The molecule has 2 heterocycles. The molecular formula is C15H17N3O4. The smallest absolute Gasteiger partial charge is 0.330 e. The predicted octanol–water partition coefficient (Wildman–Crippen LogP) is 0.234. The van der Waals surface area contributed by atoms with Gasteiger partial charge in [0.05, 0.1) is 12.6 Å². The van der Waals surface area contributed by atoms with Gasteiger partial charge in [-0.05, 0) is 5.56 Å². The van der Waals surface area contributed by atoms with Crippen molar-refractivity contribution in [1.82, 2.24) is 14.6 Å². The van der Waals surface area contributed by atoms with Crippen LogP contribution in [0.1, 0.15) is 18.2 Å². The second kappa shape index (κ2) is 6.27. The Morgan fingerprint density at radius 2 is 2.00 bits per heavy atom. The van der Waals surface area contributed by atoms with Crippen molar-refractivity contribution in [2.45, 2.75) is 25.2 Å². The van der Waals surface area contributed by atoms with Crippen LogP contribution in [0.5, 0.6) is 0 Å². The molecule has 2 N–H and O–H groups in total. The Hall–Kier alpha value is -2.22. The van der Waals surface area contributed by atoms with Crippen LogP contribution in [-0.2, 0) is 11.4 Å². The first-order valence-corrected chi connectivity index (χ1v) is 7.07. The lowest BCUT2D eigenvalue weighted by Crippen LogP contribution is -2.32. The number of H-pyrrole nitrogens is 1. The van der Waals surface area contributed by atoms with Crippen LogP contribution >= 0.6 is 0 Å². The van der Waals surface area contributed by atoms with Gasteiger partial charge in [0.25, 0.3) is 5.56 Å². The highest BCUT2D eigenvalue weighted by molar-refractivity contribution is 5.14. The fourth-order valence-electron chi connectivity index (χ4n) is 2.55. The summed E-state index contributed by atoms with van der Waals surface area (Å²) in [6.45, 7) is 0.447. The minimum absolute atomic E-state index is 0.0680. The van der Waals surface area contributed by atoms with Gasteiger partial charge in [-0.3, -0.25) is 19.2 Å². The maximum absolute atomic E-state index is 11.8. The maximum atomic E-state index is 11.8. The van der Waals surface area contributed by atoms with Gasteiger partial charge in [0.1, 0.15) is 0 Å². The Morgan fingerprint density at radius 3 is 2.68 bits per heavy atom. The Kier molecular flexibility index (Phi) is 4.19. The number of hydroxylamine groups is 2. The second-order valence-corrected chi connectivity index (χ2v) is 5.21. The zero-order valence-corrected chi connectivity index (χ0v) is 11.9. The van der Waals surface area contributed by atoms with Crippen LogP contribution in [0.25, 0.3) is 0 Å². The molecule has 1 aliphatic heterocycles. The van der Waals surface area contributed by atoms with Gasteiger partial charge in [0.15, 0.2) is 6.23 Å². The molecular weight excluding hydrogens is 286 g/mol. The average molecular weight is 303 g/mol. The molecule has 0 spiro atoms. The van der Waals surface area contributed by atoms with Crippen LogP contribution < -0.4 is 11.2 Å². The molecule has 0 unspecified atom stereocenters. The van der Waals surface area contributed by atoms with Crippen molar-refractivity contribution in [2.75, 3.05) is 6.61 Å². The van der Waals surface area contributed by atoms with Crippen molar-refractivity contribution in [1.29, 1.82) is 0 Å². The SMILES string of the molecule is O=c1ccn([C@H]2C[C@@H](CO)N(Cc3ccccc3)O2)c(=O)[nH]1. The van der Waals surface area contributed by atoms with Gasteiger partial charge in [-0.1, -0.05) is 30.3 Å². The van der Waals surface area contributed by atoms with E-state index < -0.39 is 17.5 Å². The van der Waals surface area contributed by atoms with Crippen molar-refractivity contribution in [3.63, 3.8) is 0 Å². The number of hydrogen-bond acceptors (Lipinski definition) is 5. The van der Waals surface area contributed by atoms with Gasteiger partial charge in [0, 0.05) is 25.2 Å². The summed E-state index contributed by atoms with van der Waals surface area (Å²) in [5.41, 5.74) is 0.0882. The summed E-state index contributed by atoms with van der Waals surface area (Å²) in [4.78, 5) is 31.0. The summed E-state index contributed by atoms with van der Waals surface area (Å²) < 4.78 is 1.33. The predicted molar refractivity (Wildman–Crippen MR) is 78.9 cm³/mol. The molecule has 1 aliphatic rings. The number of aliphatic hydroxyl groups is 1. The van der Waals surface area contributed by atoms with E-state index in [1.165, 1.54) is 16.8 Å². The number of aliphatic hydroxyl groups excluding tert-OH is 1. The Bertz CT molecular complexity index is 740. The lowest BCUT2D eigenvalue weighted by molar-refractivity contribution is -0.194. The Morgan fingerprint density at radius 1 is 1.23 bits per heavy atom. The number of nitrogens with zero attached hydrogens (tertiary/aromatic N) is 2. The van der Waals surface area contributed by atoms with Crippen molar-refractivity contribution >= 4 is 0 Å². The van der Waals surface area contributed by atoms with E-state index in [1.54, 1.807) is 5.06 Å². The number of benzene rings is 1. The zero-order chi connectivity index (χ0) is 15.5. The lowest BCUT2D eigenvalue weighted by Gasteiger charge is -2.21. The van der Waals surface area contributed by atoms with E-state index in [0.717, 1.165) is 5.56 Å². The van der Waals surface area contributed by atoms with Crippen molar-refractivity contribution in [3.8, 4) is 0 Å². The van der Waals surface area contributed by atoms with Crippen LogP contribution in [0, 0.1) is 0 Å². The van der Waals surface area contributed by atoms with E-state index in [0.29, 0.717) is 13.0 Å². The van der Waals surface area contributed by atoms with Gasteiger partial charge < -0.3 is 5.11 Å². The van der Waals surface area contributed by atoms with Crippen LogP contribution in [0.4, 0.5) is 0 Å². The molecule has 0 amide bonds. The third kappa shape index (κ3) is 3.01. The molecule has 116 valence electrons. The quantitative estimate of drug-likeness (QED) is 0.844. The highest BCUT2D eigenvalue weighted by atomic mass is 16.7. The molecule has 3 rings (SSSR count). The van der Waals surface area contributed by atoms with E-state index in [1.807, 2.05) is 30.3 Å². The normalized spacial score (nSPS) is 22.0. The highest BCUT2D eigenvalue weighted by Crippen LogP contribution is 2.29. The summed E-state index contributed by atoms with van der Waals surface area (Å²) >= 11 is 0. The Balaban J connectivity index is 1.79. The minimum atomic E-state index is -0.537. The number of rotatable bonds is 4. The van der Waals surface area contributed by atoms with E-state index in [4.69, 9.17) is 4.84 Å². The molecule has 1 aromatic heterocycles. The van der Waals surface area contributed by atoms with Crippen LogP contribution in [-0.4, -0.2) is 32.4 Å². The molecule has 1 fully saturated rings. The van der Waals surface area contributed by atoms with Crippen molar-refractivity contribution < 1.29 is 9.94 Å². The third-order valence-electron chi connectivity index (χ3n) is 3.69. The minimum Gasteiger partial charge on any atom is -0.395 e. The summed E-state index contributed by atoms with van der Waals surface area (Å²) in [6.07, 6.45) is 1.34. The number of hydrogen-bond donors (Lipinski definition) is 2. The largest absolute Gasteiger partial charge is 0.395 e. The standard InChI is InChI=1S/C15H17N3O4/c19-10-12-8-14(17-7-6-13(20)16-15(17)21)22-18(12)9-11-4-2-1-3-5-11/h1-7,12,14,19H,8-10H2,(H,16,20,21)/t12-,14+/m0/s1.